The second kappa shape index (κ2) is 7.16. The predicted molar refractivity (Wildman–Crippen MR) is 112 cm³/mol. The largest absolute Gasteiger partial charge is 0.362 e. The summed E-state index contributed by atoms with van der Waals surface area (Å²) in [5, 5.41) is 12.3. The normalized spacial score (nSPS) is 13.6. The van der Waals surface area contributed by atoms with Gasteiger partial charge in [0.2, 0.25) is 0 Å². The molecule has 2 aromatic heterocycles. The van der Waals surface area contributed by atoms with E-state index in [4.69, 9.17) is 16.6 Å². The van der Waals surface area contributed by atoms with Gasteiger partial charge in [-0.25, -0.2) is 19.6 Å². The molecule has 1 aromatic carbocycles. The topological polar surface area (TPSA) is 100 Å². The Kier molecular flexibility index (Phi) is 4.68. The van der Waals surface area contributed by atoms with Gasteiger partial charge in [0.25, 0.3) is 5.56 Å². The number of fused-ring (bicyclic) bond motifs is 2. The molecule has 0 spiro atoms. The van der Waals surface area contributed by atoms with Crippen molar-refractivity contribution in [3.63, 3.8) is 0 Å². The molecule has 10 heteroatoms. The van der Waals surface area contributed by atoms with Crippen molar-refractivity contribution in [3.05, 3.63) is 45.7 Å². The van der Waals surface area contributed by atoms with Crippen molar-refractivity contribution >= 4 is 39.8 Å². The van der Waals surface area contributed by atoms with Crippen molar-refractivity contribution in [1.29, 1.82) is 0 Å². The zero-order valence-electron chi connectivity index (χ0n) is 15.8. The van der Waals surface area contributed by atoms with Crippen molar-refractivity contribution in [1.82, 2.24) is 19.6 Å². The van der Waals surface area contributed by atoms with Crippen LogP contribution in [0.3, 0.4) is 0 Å². The summed E-state index contributed by atoms with van der Waals surface area (Å²) in [7, 11) is 3.60. The minimum absolute atomic E-state index is 0.205. The SMILES string of the molecule is CCC(Nc1ncnc2c1NCN2)c1nc2cccc(Cl)c2c(=O)n1N(C)C. The van der Waals surface area contributed by atoms with E-state index in [0.717, 1.165) is 11.5 Å². The highest BCUT2D eigenvalue weighted by atomic mass is 35.5. The first kappa shape index (κ1) is 18.3. The minimum Gasteiger partial charge on any atom is -0.362 e. The van der Waals surface area contributed by atoms with Crippen LogP contribution in [0, 0.1) is 0 Å². The van der Waals surface area contributed by atoms with Crippen molar-refractivity contribution in [2.75, 3.05) is 41.7 Å². The highest BCUT2D eigenvalue weighted by Gasteiger charge is 2.24. The van der Waals surface area contributed by atoms with Crippen LogP contribution in [0.4, 0.5) is 17.3 Å². The molecule has 3 aromatic rings. The average Bonchev–Trinajstić information content (AvgIpc) is 3.15. The van der Waals surface area contributed by atoms with Gasteiger partial charge < -0.3 is 21.0 Å². The summed E-state index contributed by atoms with van der Waals surface area (Å²) in [5.41, 5.74) is 1.17. The van der Waals surface area contributed by atoms with Crippen LogP contribution in [-0.2, 0) is 0 Å². The number of nitrogens with one attached hydrogen (secondary N) is 3. The van der Waals surface area contributed by atoms with Crippen LogP contribution in [0.15, 0.2) is 29.3 Å². The summed E-state index contributed by atoms with van der Waals surface area (Å²) in [4.78, 5) is 26.5. The van der Waals surface area contributed by atoms with Crippen molar-refractivity contribution < 1.29 is 0 Å². The number of hydrogen-bond donors (Lipinski definition) is 3. The molecule has 0 saturated carbocycles. The number of aromatic nitrogens is 4. The Morgan fingerprint density at radius 2 is 2.14 bits per heavy atom. The van der Waals surface area contributed by atoms with Crippen molar-refractivity contribution in [2.24, 2.45) is 0 Å². The molecule has 0 saturated heterocycles. The maximum atomic E-state index is 13.2. The molecule has 0 bridgehead atoms. The molecule has 4 rings (SSSR count). The van der Waals surface area contributed by atoms with Gasteiger partial charge in [0.05, 0.1) is 28.6 Å². The Hall–Kier alpha value is -3.07. The fourth-order valence-electron chi connectivity index (χ4n) is 3.34. The lowest BCUT2D eigenvalue weighted by molar-refractivity contribution is 0.579. The molecule has 9 nitrogen and oxygen atoms in total. The van der Waals surface area contributed by atoms with Gasteiger partial charge in [-0.1, -0.05) is 24.6 Å². The second-order valence-electron chi connectivity index (χ2n) is 6.65. The van der Waals surface area contributed by atoms with Crippen LogP contribution >= 0.6 is 11.6 Å². The van der Waals surface area contributed by atoms with Crippen LogP contribution in [0.2, 0.25) is 5.02 Å². The lowest BCUT2D eigenvalue weighted by Gasteiger charge is -2.26. The fraction of sp³-hybridized carbons (Fsp3) is 0.333. The van der Waals surface area contributed by atoms with Crippen LogP contribution in [0.5, 0.6) is 0 Å². The third-order valence-corrected chi connectivity index (χ3v) is 4.96. The van der Waals surface area contributed by atoms with E-state index in [1.165, 1.54) is 6.33 Å². The Bertz CT molecular complexity index is 1100. The van der Waals surface area contributed by atoms with Gasteiger partial charge in [-0.3, -0.25) is 4.79 Å². The van der Waals surface area contributed by atoms with E-state index < -0.39 is 0 Å². The summed E-state index contributed by atoms with van der Waals surface area (Å²) < 4.78 is 1.54. The Labute approximate surface area is 166 Å². The molecule has 3 heterocycles. The quantitative estimate of drug-likeness (QED) is 0.600. The zero-order chi connectivity index (χ0) is 19.8. The summed E-state index contributed by atoms with van der Waals surface area (Å²) in [6.07, 6.45) is 2.19. The van der Waals surface area contributed by atoms with E-state index in [9.17, 15) is 4.79 Å². The molecular weight excluding hydrogens is 380 g/mol. The standard InChI is InChI=1S/C18H21ClN8O/c1-4-11(24-16-14-15(21-8-20-14)22-9-23-16)17-25-12-7-5-6-10(19)13(12)18(28)27(17)26(2)3/h5-7,9,11,20H,4,8H2,1-3H3,(H2,21,22,23,24). The number of anilines is 3. The lowest BCUT2D eigenvalue weighted by atomic mass is 10.1. The smallest absolute Gasteiger partial charge is 0.281 e. The van der Waals surface area contributed by atoms with Gasteiger partial charge in [-0.05, 0) is 18.6 Å². The molecule has 1 unspecified atom stereocenters. The van der Waals surface area contributed by atoms with Gasteiger partial charge in [-0.2, -0.15) is 0 Å². The van der Waals surface area contributed by atoms with Gasteiger partial charge in [0, 0.05) is 14.1 Å². The predicted octanol–water partition coefficient (Wildman–Crippen LogP) is 2.40. The third kappa shape index (κ3) is 2.97. The first-order valence-corrected chi connectivity index (χ1v) is 9.37. The first-order valence-electron chi connectivity index (χ1n) is 8.99. The van der Waals surface area contributed by atoms with Crippen LogP contribution in [0.1, 0.15) is 25.2 Å². The van der Waals surface area contributed by atoms with Gasteiger partial charge >= 0.3 is 0 Å². The summed E-state index contributed by atoms with van der Waals surface area (Å²) in [5.74, 6) is 1.99. The number of hydrogen-bond acceptors (Lipinski definition) is 8. The molecule has 28 heavy (non-hydrogen) atoms. The molecule has 0 amide bonds. The molecule has 3 N–H and O–H groups in total. The average molecular weight is 401 g/mol. The van der Waals surface area contributed by atoms with Crippen LogP contribution in [0.25, 0.3) is 10.9 Å². The fourth-order valence-corrected chi connectivity index (χ4v) is 3.59. The van der Waals surface area contributed by atoms with E-state index >= 15 is 0 Å². The van der Waals surface area contributed by atoms with Gasteiger partial charge in [-0.15, -0.1) is 0 Å². The molecule has 0 fully saturated rings. The lowest BCUT2D eigenvalue weighted by Crippen LogP contribution is -2.41. The van der Waals surface area contributed by atoms with Crippen LogP contribution < -0.4 is 26.5 Å². The Morgan fingerprint density at radius 3 is 2.89 bits per heavy atom. The summed E-state index contributed by atoms with van der Waals surface area (Å²) >= 11 is 6.28. The zero-order valence-corrected chi connectivity index (χ0v) is 16.6. The molecule has 1 aliphatic heterocycles. The van der Waals surface area contributed by atoms with Gasteiger partial charge in [0.15, 0.2) is 17.5 Å². The first-order chi connectivity index (χ1) is 13.5. The van der Waals surface area contributed by atoms with Crippen molar-refractivity contribution in [2.45, 2.75) is 19.4 Å². The summed E-state index contributed by atoms with van der Waals surface area (Å²) in [6.45, 7) is 2.62. The third-order valence-electron chi connectivity index (χ3n) is 4.65. The van der Waals surface area contributed by atoms with Crippen molar-refractivity contribution in [3.8, 4) is 0 Å². The molecule has 146 valence electrons. The second-order valence-corrected chi connectivity index (χ2v) is 7.06. The molecule has 1 aliphatic rings. The molecule has 0 aliphatic carbocycles. The number of halogens is 1. The highest BCUT2D eigenvalue weighted by molar-refractivity contribution is 6.35. The molecule has 0 radical (unpaired) electrons. The van der Waals surface area contributed by atoms with E-state index in [0.29, 0.717) is 40.7 Å². The highest BCUT2D eigenvalue weighted by Crippen LogP contribution is 2.32. The van der Waals surface area contributed by atoms with Crippen LogP contribution in [-0.4, -0.2) is 40.4 Å². The maximum absolute atomic E-state index is 13.2. The van der Waals surface area contributed by atoms with E-state index in [-0.39, 0.29) is 11.6 Å². The summed E-state index contributed by atoms with van der Waals surface area (Å²) in [6, 6.07) is 5.04. The Balaban J connectivity index is 1.86. The van der Waals surface area contributed by atoms with E-state index in [1.807, 2.05) is 6.92 Å². The van der Waals surface area contributed by atoms with Gasteiger partial charge in [0.1, 0.15) is 12.0 Å². The number of rotatable bonds is 5. The minimum atomic E-state index is -0.250. The number of benzene rings is 1. The Morgan fingerprint density at radius 1 is 1.32 bits per heavy atom. The van der Waals surface area contributed by atoms with E-state index in [1.54, 1.807) is 42.0 Å². The molecule has 1 atom stereocenters. The van der Waals surface area contributed by atoms with E-state index in [2.05, 4.69) is 25.9 Å². The monoisotopic (exact) mass is 400 g/mol. The molecular formula is C18H21ClN8O. The maximum Gasteiger partial charge on any atom is 0.281 e. The number of nitrogens with zero attached hydrogens (tertiary/aromatic N) is 5.